The molecule has 0 bridgehead atoms. The first-order chi connectivity index (χ1) is 10.1. The first kappa shape index (κ1) is 15.5. The summed E-state index contributed by atoms with van der Waals surface area (Å²) in [6, 6.07) is 6.33. The van der Waals surface area contributed by atoms with Gasteiger partial charge in [0.15, 0.2) is 5.16 Å². The number of halogens is 1. The molecule has 7 heteroatoms. The second-order valence-electron chi connectivity index (χ2n) is 4.55. The minimum Gasteiger partial charge on any atom is -0.481 e. The van der Waals surface area contributed by atoms with Crippen LogP contribution in [0, 0.1) is 5.82 Å². The van der Waals surface area contributed by atoms with Crippen molar-refractivity contribution in [2.45, 2.75) is 31.5 Å². The first-order valence-corrected chi connectivity index (χ1v) is 7.59. The molecule has 0 atom stereocenters. The Morgan fingerprint density at radius 3 is 2.90 bits per heavy atom. The zero-order chi connectivity index (χ0) is 15.2. The standard InChI is InChI=1S/C14H16FN3O2S/c1-2-4-12-16-17-14(21-9-13(19)20)18(12)8-10-5-3-6-11(15)7-10/h3,5-7H,2,4,8-9H2,1H3,(H,19,20). The number of hydrogen-bond donors (Lipinski definition) is 1. The van der Waals surface area contributed by atoms with E-state index in [2.05, 4.69) is 10.2 Å². The van der Waals surface area contributed by atoms with Gasteiger partial charge in [-0.25, -0.2) is 4.39 Å². The van der Waals surface area contributed by atoms with Gasteiger partial charge in [0.1, 0.15) is 11.6 Å². The molecule has 0 aliphatic carbocycles. The van der Waals surface area contributed by atoms with E-state index < -0.39 is 5.97 Å². The fourth-order valence-electron chi connectivity index (χ4n) is 1.94. The number of nitrogens with zero attached hydrogens (tertiary/aromatic N) is 3. The lowest BCUT2D eigenvalue weighted by Gasteiger charge is -2.09. The van der Waals surface area contributed by atoms with Crippen LogP contribution < -0.4 is 0 Å². The summed E-state index contributed by atoms with van der Waals surface area (Å²) >= 11 is 1.12. The minimum atomic E-state index is -0.905. The molecule has 5 nitrogen and oxygen atoms in total. The highest BCUT2D eigenvalue weighted by Gasteiger charge is 2.14. The van der Waals surface area contributed by atoms with Gasteiger partial charge >= 0.3 is 5.97 Å². The number of carbonyl (C=O) groups is 1. The number of thioether (sulfide) groups is 1. The molecule has 0 saturated carbocycles. The largest absolute Gasteiger partial charge is 0.481 e. The molecule has 1 heterocycles. The zero-order valence-corrected chi connectivity index (χ0v) is 12.4. The second-order valence-corrected chi connectivity index (χ2v) is 5.49. The molecule has 2 rings (SSSR count). The Kier molecular flexibility index (Phi) is 5.32. The molecule has 0 unspecified atom stereocenters. The van der Waals surface area contributed by atoms with Crippen LogP contribution >= 0.6 is 11.8 Å². The van der Waals surface area contributed by atoms with Crippen LogP contribution in [0.2, 0.25) is 0 Å². The third-order valence-corrected chi connectivity index (χ3v) is 3.77. The summed E-state index contributed by atoms with van der Waals surface area (Å²) < 4.78 is 15.1. The van der Waals surface area contributed by atoms with Crippen molar-refractivity contribution < 1.29 is 14.3 Å². The molecular weight excluding hydrogens is 293 g/mol. The lowest BCUT2D eigenvalue weighted by molar-refractivity contribution is -0.133. The Bertz CT molecular complexity index is 630. The molecule has 2 aromatic rings. The molecule has 1 N–H and O–H groups in total. The molecule has 0 aliphatic heterocycles. The Balaban J connectivity index is 2.25. The summed E-state index contributed by atoms with van der Waals surface area (Å²) in [4.78, 5) is 10.7. The topological polar surface area (TPSA) is 68.0 Å². The molecule has 0 saturated heterocycles. The van der Waals surface area contributed by atoms with Crippen molar-refractivity contribution >= 4 is 17.7 Å². The first-order valence-electron chi connectivity index (χ1n) is 6.61. The summed E-state index contributed by atoms with van der Waals surface area (Å²) in [5.74, 6) is -0.489. The highest BCUT2D eigenvalue weighted by atomic mass is 32.2. The van der Waals surface area contributed by atoms with E-state index in [1.54, 1.807) is 6.07 Å². The number of hydrogen-bond acceptors (Lipinski definition) is 4. The SMILES string of the molecule is CCCc1nnc(SCC(=O)O)n1Cc1cccc(F)c1. The fraction of sp³-hybridized carbons (Fsp3) is 0.357. The van der Waals surface area contributed by atoms with E-state index in [9.17, 15) is 9.18 Å². The van der Waals surface area contributed by atoms with Gasteiger partial charge in [-0.1, -0.05) is 30.8 Å². The van der Waals surface area contributed by atoms with E-state index in [1.807, 2.05) is 17.6 Å². The zero-order valence-electron chi connectivity index (χ0n) is 11.6. The normalized spacial score (nSPS) is 10.8. The molecular formula is C14H16FN3O2S. The van der Waals surface area contributed by atoms with Gasteiger partial charge in [-0.2, -0.15) is 0 Å². The minimum absolute atomic E-state index is 0.0760. The van der Waals surface area contributed by atoms with Crippen molar-refractivity contribution in [1.82, 2.24) is 14.8 Å². The highest BCUT2D eigenvalue weighted by Crippen LogP contribution is 2.19. The van der Waals surface area contributed by atoms with E-state index in [0.717, 1.165) is 36.0 Å². The summed E-state index contributed by atoms with van der Waals surface area (Å²) in [5, 5.41) is 17.5. The second kappa shape index (κ2) is 7.21. The Hall–Kier alpha value is -1.89. The quantitative estimate of drug-likeness (QED) is 0.796. The fourth-order valence-corrected chi connectivity index (χ4v) is 2.61. The van der Waals surface area contributed by atoms with Crippen LogP contribution in [0.5, 0.6) is 0 Å². The number of carboxylic acids is 1. The van der Waals surface area contributed by atoms with E-state index >= 15 is 0 Å². The number of aliphatic carboxylic acids is 1. The van der Waals surface area contributed by atoms with Crippen LogP contribution in [0.3, 0.4) is 0 Å². The van der Waals surface area contributed by atoms with Crippen molar-refractivity contribution in [1.29, 1.82) is 0 Å². The Morgan fingerprint density at radius 2 is 2.24 bits per heavy atom. The molecule has 0 radical (unpaired) electrons. The maximum atomic E-state index is 13.3. The maximum Gasteiger partial charge on any atom is 0.313 e. The van der Waals surface area contributed by atoms with Gasteiger partial charge in [0, 0.05) is 6.42 Å². The van der Waals surface area contributed by atoms with Gasteiger partial charge in [0.25, 0.3) is 0 Å². The van der Waals surface area contributed by atoms with Crippen LogP contribution in [-0.4, -0.2) is 31.6 Å². The summed E-state index contributed by atoms with van der Waals surface area (Å²) in [6.07, 6.45) is 1.65. The number of aromatic nitrogens is 3. The van der Waals surface area contributed by atoms with Gasteiger partial charge in [0.05, 0.1) is 12.3 Å². The van der Waals surface area contributed by atoms with Gasteiger partial charge in [-0.15, -0.1) is 10.2 Å². The number of aryl methyl sites for hydroxylation is 1. The predicted molar refractivity (Wildman–Crippen MR) is 77.9 cm³/mol. The average molecular weight is 309 g/mol. The van der Waals surface area contributed by atoms with Crippen molar-refractivity contribution in [2.75, 3.05) is 5.75 Å². The van der Waals surface area contributed by atoms with Crippen molar-refractivity contribution in [3.05, 3.63) is 41.5 Å². The third kappa shape index (κ3) is 4.29. The van der Waals surface area contributed by atoms with Crippen LogP contribution in [0.25, 0.3) is 0 Å². The van der Waals surface area contributed by atoms with Gasteiger partial charge < -0.3 is 9.67 Å². The summed E-state index contributed by atoms with van der Waals surface area (Å²) in [7, 11) is 0. The number of carboxylic acid groups (broad SMARTS) is 1. The highest BCUT2D eigenvalue weighted by molar-refractivity contribution is 7.99. The summed E-state index contributed by atoms with van der Waals surface area (Å²) in [5.41, 5.74) is 0.796. The van der Waals surface area contributed by atoms with Gasteiger partial charge in [-0.3, -0.25) is 4.79 Å². The summed E-state index contributed by atoms with van der Waals surface area (Å²) in [6.45, 7) is 2.47. The van der Waals surface area contributed by atoms with Crippen LogP contribution in [-0.2, 0) is 17.8 Å². The van der Waals surface area contributed by atoms with Crippen LogP contribution in [0.15, 0.2) is 29.4 Å². The molecule has 0 spiro atoms. The Labute approximate surface area is 126 Å². The van der Waals surface area contributed by atoms with Crippen molar-refractivity contribution in [2.24, 2.45) is 0 Å². The van der Waals surface area contributed by atoms with E-state index in [-0.39, 0.29) is 11.6 Å². The van der Waals surface area contributed by atoms with Crippen LogP contribution in [0.4, 0.5) is 4.39 Å². The lowest BCUT2D eigenvalue weighted by atomic mass is 10.2. The van der Waals surface area contributed by atoms with E-state index in [4.69, 9.17) is 5.11 Å². The molecule has 21 heavy (non-hydrogen) atoms. The molecule has 0 amide bonds. The monoisotopic (exact) mass is 309 g/mol. The molecule has 1 aromatic carbocycles. The molecule has 0 fully saturated rings. The predicted octanol–water partition coefficient (Wildman–Crippen LogP) is 2.59. The molecule has 1 aromatic heterocycles. The lowest BCUT2D eigenvalue weighted by Crippen LogP contribution is -2.08. The smallest absolute Gasteiger partial charge is 0.313 e. The molecule has 112 valence electrons. The van der Waals surface area contributed by atoms with Crippen LogP contribution in [0.1, 0.15) is 24.7 Å². The van der Waals surface area contributed by atoms with Crippen molar-refractivity contribution in [3.63, 3.8) is 0 Å². The van der Waals surface area contributed by atoms with E-state index in [0.29, 0.717) is 11.7 Å². The maximum absolute atomic E-state index is 13.3. The third-order valence-electron chi connectivity index (χ3n) is 2.82. The van der Waals surface area contributed by atoms with E-state index in [1.165, 1.54) is 12.1 Å². The Morgan fingerprint density at radius 1 is 1.43 bits per heavy atom. The van der Waals surface area contributed by atoms with Gasteiger partial charge in [-0.05, 0) is 24.1 Å². The van der Waals surface area contributed by atoms with Gasteiger partial charge in [0.2, 0.25) is 0 Å². The van der Waals surface area contributed by atoms with Crippen molar-refractivity contribution in [3.8, 4) is 0 Å². The average Bonchev–Trinajstić information content (AvgIpc) is 2.80. The molecule has 0 aliphatic rings. The number of rotatable bonds is 7. The number of benzene rings is 1.